The van der Waals surface area contributed by atoms with E-state index >= 15 is 0 Å². The number of carbonyl (C=O) groups excluding carboxylic acids is 2. The van der Waals surface area contributed by atoms with Crippen LogP contribution in [-0.2, 0) is 16.1 Å². The minimum Gasteiger partial charge on any atom is -0.349 e. The zero-order valence-electron chi connectivity index (χ0n) is 22.2. The largest absolute Gasteiger partial charge is 0.349 e. The average molecular weight is 584 g/mol. The molecule has 0 fully saturated rings. The van der Waals surface area contributed by atoms with Crippen molar-refractivity contribution in [3.63, 3.8) is 0 Å². The predicted octanol–water partition coefficient (Wildman–Crippen LogP) is 5.93. The van der Waals surface area contributed by atoms with Crippen LogP contribution < -0.4 is 10.2 Å². The first-order valence-electron chi connectivity index (χ1n) is 13.1. The number of aromatic nitrogens is 3. The summed E-state index contributed by atoms with van der Waals surface area (Å²) in [5.74, 6) is -0.208. The van der Waals surface area contributed by atoms with Gasteiger partial charge in [0.15, 0.2) is 0 Å². The Bertz CT molecular complexity index is 1690. The maximum absolute atomic E-state index is 14.0. The molecule has 0 saturated carbocycles. The summed E-state index contributed by atoms with van der Waals surface area (Å²) in [5.41, 5.74) is 4.88. The van der Waals surface area contributed by atoms with Crippen molar-refractivity contribution in [3.8, 4) is 16.9 Å². The highest BCUT2D eigenvalue weighted by Gasteiger charge is 2.38. The molecule has 0 saturated heterocycles. The summed E-state index contributed by atoms with van der Waals surface area (Å²) in [7, 11) is 0. The Labute approximate surface area is 245 Å². The smallest absolute Gasteiger partial charge is 0.240 e. The SMILES string of the molecule is Cc1ccsc1C1SCC(=O)N(CC(=O)NCc2ccccn2)c2c1c(-c1ccccc1)nn2-c1ccc(F)cc1. The number of nitrogens with zero attached hydrogens (tertiary/aromatic N) is 4. The maximum atomic E-state index is 14.0. The number of nitrogens with one attached hydrogen (secondary N) is 1. The quantitative estimate of drug-likeness (QED) is 0.257. The lowest BCUT2D eigenvalue weighted by Crippen LogP contribution is -2.42. The first kappa shape index (κ1) is 26.9. The van der Waals surface area contributed by atoms with Crippen molar-refractivity contribution in [1.29, 1.82) is 0 Å². The Hall–Kier alpha value is -4.28. The minimum absolute atomic E-state index is 0.182. The molecule has 0 aliphatic carbocycles. The number of pyridine rings is 1. The molecule has 4 heterocycles. The molecule has 5 aromatic rings. The van der Waals surface area contributed by atoms with Crippen LogP contribution in [0.4, 0.5) is 10.2 Å². The Morgan fingerprint density at radius 2 is 1.83 bits per heavy atom. The molecular formula is C31H26FN5O2S2. The molecular weight excluding hydrogens is 558 g/mol. The number of fused-ring (bicyclic) bond motifs is 1. The second-order valence-electron chi connectivity index (χ2n) is 9.58. The van der Waals surface area contributed by atoms with Crippen LogP contribution in [0, 0.1) is 12.7 Å². The monoisotopic (exact) mass is 583 g/mol. The van der Waals surface area contributed by atoms with Gasteiger partial charge in [0.05, 0.1) is 34.6 Å². The standard InChI is InChI=1S/C31H26FN5O2S2/c1-20-14-16-40-29(20)30-27-28(21-7-3-2-4-8-21)35-37(24-12-10-22(32)11-13-24)31(27)36(26(39)19-41-30)18-25(38)34-17-23-9-5-6-15-33-23/h2-16,30H,17-19H2,1H3,(H,34,38). The normalized spacial score (nSPS) is 14.9. The molecule has 6 rings (SSSR count). The number of benzene rings is 2. The Kier molecular flexibility index (Phi) is 7.67. The van der Waals surface area contributed by atoms with E-state index in [1.165, 1.54) is 28.8 Å². The number of aryl methyl sites for hydroxylation is 1. The third-order valence-electron chi connectivity index (χ3n) is 6.84. The van der Waals surface area contributed by atoms with Gasteiger partial charge in [0.2, 0.25) is 11.8 Å². The van der Waals surface area contributed by atoms with Crippen LogP contribution >= 0.6 is 23.1 Å². The Morgan fingerprint density at radius 3 is 2.54 bits per heavy atom. The first-order valence-corrected chi connectivity index (χ1v) is 15.0. The van der Waals surface area contributed by atoms with Crippen molar-refractivity contribution in [2.24, 2.45) is 0 Å². The van der Waals surface area contributed by atoms with Crippen molar-refractivity contribution in [2.45, 2.75) is 18.7 Å². The van der Waals surface area contributed by atoms with Gasteiger partial charge in [-0.05, 0) is 60.3 Å². The summed E-state index contributed by atoms with van der Waals surface area (Å²) >= 11 is 3.17. The molecule has 1 N–H and O–H groups in total. The van der Waals surface area contributed by atoms with Crippen molar-refractivity contribution in [1.82, 2.24) is 20.1 Å². The van der Waals surface area contributed by atoms with Crippen LogP contribution in [0.5, 0.6) is 0 Å². The highest BCUT2D eigenvalue weighted by atomic mass is 32.2. The second kappa shape index (κ2) is 11.7. The van der Waals surface area contributed by atoms with Gasteiger partial charge in [0, 0.05) is 22.2 Å². The summed E-state index contributed by atoms with van der Waals surface area (Å²) in [5, 5.41) is 9.77. The van der Waals surface area contributed by atoms with E-state index < -0.39 is 0 Å². The van der Waals surface area contributed by atoms with Gasteiger partial charge in [-0.1, -0.05) is 36.4 Å². The fourth-order valence-electron chi connectivity index (χ4n) is 4.84. The number of rotatable bonds is 7. The Morgan fingerprint density at radius 1 is 1.05 bits per heavy atom. The fourth-order valence-corrected chi connectivity index (χ4v) is 7.31. The lowest BCUT2D eigenvalue weighted by Gasteiger charge is -2.23. The van der Waals surface area contributed by atoms with E-state index in [-0.39, 0.29) is 41.7 Å². The average Bonchev–Trinajstić information content (AvgIpc) is 3.57. The van der Waals surface area contributed by atoms with Crippen molar-refractivity contribution >= 4 is 40.7 Å². The Balaban J connectivity index is 1.51. The maximum Gasteiger partial charge on any atom is 0.240 e. The molecule has 10 heteroatoms. The van der Waals surface area contributed by atoms with Crippen LogP contribution in [0.2, 0.25) is 0 Å². The molecule has 2 amide bonds. The second-order valence-corrected chi connectivity index (χ2v) is 11.6. The lowest BCUT2D eigenvalue weighted by atomic mass is 10.0. The van der Waals surface area contributed by atoms with Crippen LogP contribution in [0.25, 0.3) is 16.9 Å². The van der Waals surface area contributed by atoms with Gasteiger partial charge >= 0.3 is 0 Å². The van der Waals surface area contributed by atoms with Crippen molar-refractivity contribution in [2.75, 3.05) is 17.2 Å². The van der Waals surface area contributed by atoms with Gasteiger partial charge in [-0.25, -0.2) is 9.07 Å². The van der Waals surface area contributed by atoms with E-state index in [9.17, 15) is 14.0 Å². The summed E-state index contributed by atoms with van der Waals surface area (Å²) in [4.78, 5) is 34.0. The van der Waals surface area contributed by atoms with Crippen LogP contribution in [-0.4, -0.2) is 38.9 Å². The molecule has 0 bridgehead atoms. The molecule has 0 radical (unpaired) electrons. The van der Waals surface area contributed by atoms with E-state index in [0.717, 1.165) is 27.3 Å². The number of anilines is 1. The number of thiophene rings is 1. The first-order chi connectivity index (χ1) is 20.0. The highest BCUT2D eigenvalue weighted by molar-refractivity contribution is 8.00. The van der Waals surface area contributed by atoms with Gasteiger partial charge < -0.3 is 5.32 Å². The van der Waals surface area contributed by atoms with Gasteiger partial charge in [0.25, 0.3) is 0 Å². The number of halogens is 1. The number of hydrogen-bond acceptors (Lipinski definition) is 6. The van der Waals surface area contributed by atoms with Crippen LogP contribution in [0.1, 0.15) is 26.9 Å². The van der Waals surface area contributed by atoms with Gasteiger partial charge in [-0.3, -0.25) is 19.5 Å². The number of thioether (sulfide) groups is 1. The molecule has 7 nitrogen and oxygen atoms in total. The summed E-state index contributed by atoms with van der Waals surface area (Å²) in [6.07, 6.45) is 1.67. The number of carbonyl (C=O) groups is 2. The molecule has 0 spiro atoms. The predicted molar refractivity (Wildman–Crippen MR) is 161 cm³/mol. The fraction of sp³-hybridized carbons (Fsp3) is 0.161. The summed E-state index contributed by atoms with van der Waals surface area (Å²) in [6.45, 7) is 2.11. The molecule has 1 aliphatic rings. The third-order valence-corrected chi connectivity index (χ3v) is 9.29. The highest BCUT2D eigenvalue weighted by Crippen LogP contribution is 2.50. The van der Waals surface area contributed by atoms with Crippen LogP contribution in [0.3, 0.4) is 0 Å². The van der Waals surface area contributed by atoms with Crippen molar-refractivity contribution in [3.05, 3.63) is 118 Å². The van der Waals surface area contributed by atoms with Crippen molar-refractivity contribution < 1.29 is 14.0 Å². The molecule has 206 valence electrons. The summed E-state index contributed by atoms with van der Waals surface area (Å²) in [6, 6.07) is 23.4. The van der Waals surface area contributed by atoms with Crippen LogP contribution in [0.15, 0.2) is 90.4 Å². The van der Waals surface area contributed by atoms with E-state index in [1.54, 1.807) is 34.3 Å². The molecule has 3 aromatic heterocycles. The van der Waals surface area contributed by atoms with Gasteiger partial charge in [-0.2, -0.15) is 5.10 Å². The molecule has 2 aromatic carbocycles. The lowest BCUT2D eigenvalue weighted by molar-refractivity contribution is -0.123. The van der Waals surface area contributed by atoms with E-state index in [4.69, 9.17) is 5.10 Å². The third kappa shape index (κ3) is 5.53. The molecule has 41 heavy (non-hydrogen) atoms. The van der Waals surface area contributed by atoms with Gasteiger partial charge in [0.1, 0.15) is 18.2 Å². The minimum atomic E-state index is -0.375. The zero-order chi connectivity index (χ0) is 28.3. The zero-order valence-corrected chi connectivity index (χ0v) is 23.8. The summed E-state index contributed by atoms with van der Waals surface area (Å²) < 4.78 is 15.6. The molecule has 1 atom stereocenters. The van der Waals surface area contributed by atoms with Gasteiger partial charge in [-0.15, -0.1) is 23.1 Å². The number of amides is 2. The molecule has 1 aliphatic heterocycles. The topological polar surface area (TPSA) is 80.1 Å². The van der Waals surface area contributed by atoms with E-state index in [0.29, 0.717) is 17.2 Å². The number of hydrogen-bond donors (Lipinski definition) is 1. The van der Waals surface area contributed by atoms with E-state index in [1.807, 2.05) is 53.9 Å². The van der Waals surface area contributed by atoms with E-state index in [2.05, 4.69) is 23.3 Å². The molecule has 1 unspecified atom stereocenters.